The summed E-state index contributed by atoms with van der Waals surface area (Å²) in [6, 6.07) is 8.38. The Morgan fingerprint density at radius 3 is 2.45 bits per heavy atom. The number of halogens is 4. The number of alkyl halides is 3. The van der Waals surface area contributed by atoms with Crippen molar-refractivity contribution >= 4 is 11.0 Å². The Hall–Kier alpha value is -2.64. The minimum Gasteiger partial charge on any atom is -0.403 e. The molecule has 1 heterocycles. The molecule has 0 unspecified atom stereocenters. The van der Waals surface area contributed by atoms with Crippen LogP contribution in [0.15, 0.2) is 36.4 Å². The zero-order valence-corrected chi connectivity index (χ0v) is 11.2. The van der Waals surface area contributed by atoms with E-state index in [9.17, 15) is 17.6 Å². The lowest BCUT2D eigenvalue weighted by molar-refractivity contribution is -0.275. The summed E-state index contributed by atoms with van der Waals surface area (Å²) in [5.41, 5.74) is 2.33. The summed E-state index contributed by atoms with van der Waals surface area (Å²) in [4.78, 5) is 0. The maximum absolute atomic E-state index is 13.4. The molecule has 22 heavy (non-hydrogen) atoms. The van der Waals surface area contributed by atoms with Crippen LogP contribution in [0, 0.1) is 5.82 Å². The first-order valence-corrected chi connectivity index (χ1v) is 6.18. The van der Waals surface area contributed by atoms with Gasteiger partial charge in [-0.15, -0.1) is 18.3 Å². The topological polar surface area (TPSA) is 39.9 Å². The summed E-state index contributed by atoms with van der Waals surface area (Å²) < 4.78 is 55.4. The van der Waals surface area contributed by atoms with Gasteiger partial charge in [-0.25, -0.2) is 9.07 Å². The molecule has 0 atom stereocenters. The number of fused-ring (bicyclic) bond motifs is 1. The molecule has 0 saturated carbocycles. The van der Waals surface area contributed by atoms with E-state index in [2.05, 4.69) is 15.0 Å². The maximum Gasteiger partial charge on any atom is 0.573 e. The van der Waals surface area contributed by atoms with Crippen LogP contribution in [0.4, 0.5) is 17.6 Å². The third-order valence-electron chi connectivity index (χ3n) is 3.10. The lowest BCUT2D eigenvalue weighted by Gasteiger charge is -2.11. The monoisotopic (exact) mass is 311 g/mol. The third kappa shape index (κ3) is 2.72. The second kappa shape index (κ2) is 4.97. The Bertz CT molecular complexity index is 842. The normalized spacial score (nSPS) is 11.9. The average molecular weight is 311 g/mol. The average Bonchev–Trinajstić information content (AvgIpc) is 2.81. The first-order chi connectivity index (χ1) is 10.3. The van der Waals surface area contributed by atoms with Gasteiger partial charge in [0.1, 0.15) is 5.52 Å². The van der Waals surface area contributed by atoms with Crippen LogP contribution in [-0.4, -0.2) is 21.4 Å². The van der Waals surface area contributed by atoms with Crippen LogP contribution in [0.2, 0.25) is 0 Å². The van der Waals surface area contributed by atoms with Gasteiger partial charge in [0.05, 0.1) is 5.52 Å². The number of hydrogen-bond acceptors (Lipinski definition) is 3. The molecule has 8 heteroatoms. The fourth-order valence-electron chi connectivity index (χ4n) is 2.11. The Morgan fingerprint density at radius 1 is 1.05 bits per heavy atom. The summed E-state index contributed by atoms with van der Waals surface area (Å²) in [6.45, 7) is 0. The van der Waals surface area contributed by atoms with Gasteiger partial charge < -0.3 is 4.74 Å². The summed E-state index contributed by atoms with van der Waals surface area (Å²) >= 11 is 0. The molecular weight excluding hydrogens is 302 g/mol. The van der Waals surface area contributed by atoms with E-state index < -0.39 is 17.9 Å². The fourth-order valence-corrected chi connectivity index (χ4v) is 2.11. The Kier molecular flexibility index (Phi) is 3.23. The molecule has 0 radical (unpaired) electrons. The van der Waals surface area contributed by atoms with E-state index in [0.717, 1.165) is 17.6 Å². The van der Waals surface area contributed by atoms with Crippen molar-refractivity contribution < 1.29 is 22.3 Å². The molecule has 4 nitrogen and oxygen atoms in total. The molecule has 0 amide bonds. The summed E-state index contributed by atoms with van der Waals surface area (Å²) in [6.07, 6.45) is -4.95. The van der Waals surface area contributed by atoms with Crippen molar-refractivity contribution in [3.63, 3.8) is 0 Å². The molecule has 2 aromatic carbocycles. The zero-order chi connectivity index (χ0) is 15.9. The van der Waals surface area contributed by atoms with Crippen molar-refractivity contribution in [2.45, 2.75) is 6.36 Å². The highest BCUT2D eigenvalue weighted by Crippen LogP contribution is 2.31. The molecule has 0 fully saturated rings. The van der Waals surface area contributed by atoms with Gasteiger partial charge in [-0.05, 0) is 35.4 Å². The summed E-state index contributed by atoms with van der Waals surface area (Å²) in [5, 5.41) is 7.78. The number of aryl methyl sites for hydroxylation is 1. The molecule has 114 valence electrons. The predicted octanol–water partition coefficient (Wildman–Crippen LogP) is 3.67. The molecule has 0 aliphatic carbocycles. The highest BCUT2D eigenvalue weighted by atomic mass is 19.4. The SMILES string of the molecule is Cn1nnc2cc(-c3ccc(F)c(OC(F)(F)F)c3)ccc21. The number of aromatic nitrogens is 3. The van der Waals surface area contributed by atoms with Gasteiger partial charge in [-0.3, -0.25) is 0 Å². The van der Waals surface area contributed by atoms with E-state index in [4.69, 9.17) is 0 Å². The van der Waals surface area contributed by atoms with E-state index in [1.54, 1.807) is 29.9 Å². The van der Waals surface area contributed by atoms with Gasteiger partial charge in [0.2, 0.25) is 0 Å². The van der Waals surface area contributed by atoms with Gasteiger partial charge in [-0.1, -0.05) is 17.3 Å². The van der Waals surface area contributed by atoms with Crippen molar-refractivity contribution in [1.29, 1.82) is 0 Å². The Labute approximate surface area is 121 Å². The van der Waals surface area contributed by atoms with Gasteiger partial charge in [0, 0.05) is 7.05 Å². The minimum absolute atomic E-state index is 0.383. The largest absolute Gasteiger partial charge is 0.573 e. The van der Waals surface area contributed by atoms with Gasteiger partial charge in [-0.2, -0.15) is 0 Å². The Balaban J connectivity index is 2.04. The molecule has 0 spiro atoms. The van der Waals surface area contributed by atoms with Crippen LogP contribution in [0.5, 0.6) is 5.75 Å². The zero-order valence-electron chi connectivity index (χ0n) is 11.2. The highest BCUT2D eigenvalue weighted by molar-refractivity contribution is 5.81. The third-order valence-corrected chi connectivity index (χ3v) is 3.10. The molecule has 0 bridgehead atoms. The smallest absolute Gasteiger partial charge is 0.403 e. The standard InChI is InChI=1S/C14H9F4N3O/c1-21-12-5-3-8(6-11(12)19-20-21)9-2-4-10(15)13(7-9)22-14(16,17)18/h2-7H,1H3. The van der Waals surface area contributed by atoms with E-state index in [1.165, 1.54) is 6.07 Å². The van der Waals surface area contributed by atoms with Crippen LogP contribution in [0.1, 0.15) is 0 Å². The number of ether oxygens (including phenoxy) is 1. The number of rotatable bonds is 2. The lowest BCUT2D eigenvalue weighted by atomic mass is 10.0. The molecule has 1 aromatic heterocycles. The molecule has 0 aliphatic heterocycles. The van der Waals surface area contributed by atoms with Crippen LogP contribution in [-0.2, 0) is 7.05 Å². The van der Waals surface area contributed by atoms with Gasteiger partial charge in [0.25, 0.3) is 0 Å². The van der Waals surface area contributed by atoms with Gasteiger partial charge >= 0.3 is 6.36 Å². The fraction of sp³-hybridized carbons (Fsp3) is 0.143. The summed E-state index contributed by atoms with van der Waals surface area (Å²) in [7, 11) is 1.72. The second-order valence-corrected chi connectivity index (χ2v) is 4.61. The maximum atomic E-state index is 13.4. The molecule has 3 rings (SSSR count). The molecule has 0 saturated heterocycles. The number of hydrogen-bond donors (Lipinski definition) is 0. The second-order valence-electron chi connectivity index (χ2n) is 4.61. The number of nitrogens with zero attached hydrogens (tertiary/aromatic N) is 3. The van der Waals surface area contributed by atoms with Gasteiger partial charge in [0.15, 0.2) is 11.6 Å². The number of benzene rings is 2. The summed E-state index contributed by atoms with van der Waals surface area (Å²) in [5.74, 6) is -1.95. The quantitative estimate of drug-likeness (QED) is 0.678. The van der Waals surface area contributed by atoms with Crippen LogP contribution in [0.3, 0.4) is 0 Å². The van der Waals surface area contributed by atoms with E-state index >= 15 is 0 Å². The first kappa shape index (κ1) is 14.3. The van der Waals surface area contributed by atoms with Crippen molar-refractivity contribution in [3.8, 4) is 16.9 Å². The Morgan fingerprint density at radius 2 is 1.73 bits per heavy atom. The lowest BCUT2D eigenvalue weighted by Crippen LogP contribution is -2.17. The van der Waals surface area contributed by atoms with Crippen LogP contribution in [0.25, 0.3) is 22.2 Å². The van der Waals surface area contributed by atoms with Crippen molar-refractivity contribution in [3.05, 3.63) is 42.2 Å². The van der Waals surface area contributed by atoms with Crippen molar-refractivity contribution in [2.75, 3.05) is 0 Å². The molecule has 0 aliphatic rings. The molecule has 0 N–H and O–H groups in total. The van der Waals surface area contributed by atoms with Crippen LogP contribution >= 0.6 is 0 Å². The predicted molar refractivity (Wildman–Crippen MR) is 70.6 cm³/mol. The van der Waals surface area contributed by atoms with Crippen molar-refractivity contribution in [2.24, 2.45) is 7.05 Å². The van der Waals surface area contributed by atoms with Crippen LogP contribution < -0.4 is 4.74 Å². The minimum atomic E-state index is -4.95. The van der Waals surface area contributed by atoms with E-state index in [-0.39, 0.29) is 0 Å². The molecule has 3 aromatic rings. The highest BCUT2D eigenvalue weighted by Gasteiger charge is 2.32. The van der Waals surface area contributed by atoms with Crippen molar-refractivity contribution in [1.82, 2.24) is 15.0 Å². The first-order valence-electron chi connectivity index (χ1n) is 6.18. The van der Waals surface area contributed by atoms with E-state index in [1.807, 2.05) is 0 Å². The molecular formula is C14H9F4N3O. The van der Waals surface area contributed by atoms with E-state index in [0.29, 0.717) is 16.6 Å².